The molecule has 3 aromatic rings. The Bertz CT molecular complexity index is 851. The van der Waals surface area contributed by atoms with E-state index in [2.05, 4.69) is 15.4 Å². The molecule has 2 amide bonds. The Balaban J connectivity index is 1.41. The molecule has 0 saturated carbocycles. The first-order valence-electron chi connectivity index (χ1n) is 8.44. The van der Waals surface area contributed by atoms with E-state index >= 15 is 0 Å². The lowest BCUT2D eigenvalue weighted by Gasteiger charge is -2.18. The van der Waals surface area contributed by atoms with Crippen molar-refractivity contribution in [3.05, 3.63) is 71.6 Å². The number of ether oxygens (including phenoxy) is 1. The summed E-state index contributed by atoms with van der Waals surface area (Å²) < 4.78 is 7.27. The Morgan fingerprint density at radius 2 is 2.07 bits per heavy atom. The van der Waals surface area contributed by atoms with Crippen molar-refractivity contribution in [3.8, 4) is 11.6 Å². The van der Waals surface area contributed by atoms with Gasteiger partial charge in [-0.25, -0.2) is 14.5 Å². The van der Waals surface area contributed by atoms with E-state index in [-0.39, 0.29) is 6.03 Å². The number of pyridine rings is 1. The van der Waals surface area contributed by atoms with Gasteiger partial charge in [-0.05, 0) is 42.0 Å². The summed E-state index contributed by atoms with van der Waals surface area (Å²) in [6.45, 7) is 1.25. The van der Waals surface area contributed by atoms with Crippen LogP contribution in [0.25, 0.3) is 5.82 Å². The van der Waals surface area contributed by atoms with Crippen LogP contribution < -0.4 is 10.1 Å². The number of amides is 2. The fraction of sp³-hybridized carbons (Fsp3) is 0.211. The molecule has 0 spiro atoms. The normalized spacial score (nSPS) is 10.4. The standard InChI is InChI=1S/C19H20ClN5O2/c1-24(11-12-27-17-6-4-16(20)5-7-17)19(26)22-14-15-3-8-18(21-13-15)25-10-2-9-23-25/h2-10,13H,11-12,14H2,1H3,(H,22,26). The zero-order chi connectivity index (χ0) is 19.1. The van der Waals surface area contributed by atoms with Gasteiger partial charge in [-0.1, -0.05) is 17.7 Å². The smallest absolute Gasteiger partial charge is 0.317 e. The number of rotatable bonds is 7. The number of aromatic nitrogens is 3. The summed E-state index contributed by atoms with van der Waals surface area (Å²) in [5, 5.41) is 7.65. The van der Waals surface area contributed by atoms with Crippen LogP contribution in [0.2, 0.25) is 5.02 Å². The molecule has 1 N–H and O–H groups in total. The number of halogens is 1. The van der Waals surface area contributed by atoms with Crippen LogP contribution in [0.4, 0.5) is 4.79 Å². The van der Waals surface area contributed by atoms with Crippen LogP contribution in [0.1, 0.15) is 5.56 Å². The average Bonchev–Trinajstić information content (AvgIpc) is 3.23. The van der Waals surface area contributed by atoms with Crippen LogP contribution in [0.15, 0.2) is 61.1 Å². The maximum atomic E-state index is 12.2. The van der Waals surface area contributed by atoms with Gasteiger partial charge in [0, 0.05) is 37.2 Å². The molecule has 27 heavy (non-hydrogen) atoms. The predicted molar refractivity (Wildman–Crippen MR) is 103 cm³/mol. The third-order valence-electron chi connectivity index (χ3n) is 3.85. The third kappa shape index (κ3) is 5.46. The Morgan fingerprint density at radius 1 is 1.26 bits per heavy atom. The van der Waals surface area contributed by atoms with Crippen LogP contribution in [0.5, 0.6) is 5.75 Å². The van der Waals surface area contributed by atoms with Crippen molar-refractivity contribution in [1.29, 1.82) is 0 Å². The summed E-state index contributed by atoms with van der Waals surface area (Å²) in [5.41, 5.74) is 0.907. The Kier molecular flexibility index (Phi) is 6.27. The summed E-state index contributed by atoms with van der Waals surface area (Å²) in [5.74, 6) is 1.45. The van der Waals surface area contributed by atoms with Gasteiger partial charge in [-0.15, -0.1) is 0 Å². The highest BCUT2D eigenvalue weighted by molar-refractivity contribution is 6.30. The zero-order valence-electron chi connectivity index (χ0n) is 14.9. The molecular formula is C19H20ClN5O2. The van der Waals surface area contributed by atoms with Gasteiger partial charge in [-0.2, -0.15) is 5.10 Å². The number of hydrogen-bond donors (Lipinski definition) is 1. The van der Waals surface area contributed by atoms with Crippen molar-refractivity contribution < 1.29 is 9.53 Å². The first-order valence-corrected chi connectivity index (χ1v) is 8.82. The minimum Gasteiger partial charge on any atom is -0.492 e. The maximum Gasteiger partial charge on any atom is 0.317 e. The van der Waals surface area contributed by atoms with Crippen molar-refractivity contribution in [2.75, 3.05) is 20.2 Å². The molecule has 0 aliphatic heterocycles. The Hall–Kier alpha value is -3.06. The molecule has 140 valence electrons. The number of nitrogens with one attached hydrogen (secondary N) is 1. The SMILES string of the molecule is CN(CCOc1ccc(Cl)cc1)C(=O)NCc1ccc(-n2cccn2)nc1. The van der Waals surface area contributed by atoms with Crippen LogP contribution in [0.3, 0.4) is 0 Å². The van der Waals surface area contributed by atoms with E-state index in [0.717, 1.165) is 17.1 Å². The van der Waals surface area contributed by atoms with Crippen molar-refractivity contribution in [3.63, 3.8) is 0 Å². The zero-order valence-corrected chi connectivity index (χ0v) is 15.6. The van der Waals surface area contributed by atoms with Crippen molar-refractivity contribution in [1.82, 2.24) is 25.0 Å². The molecular weight excluding hydrogens is 366 g/mol. The number of carbonyl (C=O) groups excluding carboxylic acids is 1. The van der Waals surface area contributed by atoms with Gasteiger partial charge in [0.2, 0.25) is 0 Å². The molecule has 0 bridgehead atoms. The van der Waals surface area contributed by atoms with Crippen LogP contribution in [-0.4, -0.2) is 45.9 Å². The number of likely N-dealkylation sites (N-methyl/N-ethyl adjacent to an activating group) is 1. The molecule has 0 aliphatic rings. The molecule has 0 saturated heterocycles. The highest BCUT2D eigenvalue weighted by atomic mass is 35.5. The highest BCUT2D eigenvalue weighted by Crippen LogP contribution is 2.15. The number of urea groups is 1. The summed E-state index contributed by atoms with van der Waals surface area (Å²) >= 11 is 5.83. The van der Waals surface area contributed by atoms with Gasteiger partial charge >= 0.3 is 6.03 Å². The number of benzene rings is 1. The molecule has 0 unspecified atom stereocenters. The molecule has 3 rings (SSSR count). The lowest BCUT2D eigenvalue weighted by molar-refractivity contribution is 0.195. The average molecular weight is 386 g/mol. The number of carbonyl (C=O) groups is 1. The fourth-order valence-electron chi connectivity index (χ4n) is 2.31. The van der Waals surface area contributed by atoms with Gasteiger partial charge in [0.25, 0.3) is 0 Å². The van der Waals surface area contributed by atoms with Crippen LogP contribution >= 0.6 is 11.6 Å². The molecule has 8 heteroatoms. The molecule has 0 fully saturated rings. The summed E-state index contributed by atoms with van der Waals surface area (Å²) in [6.07, 6.45) is 5.24. The van der Waals surface area contributed by atoms with Gasteiger partial charge in [0.1, 0.15) is 12.4 Å². The van der Waals surface area contributed by atoms with E-state index in [4.69, 9.17) is 16.3 Å². The second kappa shape index (κ2) is 9.05. The first kappa shape index (κ1) is 18.7. The predicted octanol–water partition coefficient (Wildman–Crippen LogP) is 3.14. The van der Waals surface area contributed by atoms with E-state index in [1.54, 1.807) is 53.3 Å². The van der Waals surface area contributed by atoms with Crippen molar-refractivity contribution in [2.45, 2.75) is 6.54 Å². The van der Waals surface area contributed by atoms with Gasteiger partial charge < -0.3 is 15.0 Å². The van der Waals surface area contributed by atoms with Crippen LogP contribution in [0, 0.1) is 0 Å². The first-order chi connectivity index (χ1) is 13.1. The number of hydrogen-bond acceptors (Lipinski definition) is 4. The van der Waals surface area contributed by atoms with E-state index < -0.39 is 0 Å². The fourth-order valence-corrected chi connectivity index (χ4v) is 2.43. The van der Waals surface area contributed by atoms with Gasteiger partial charge in [-0.3, -0.25) is 0 Å². The van der Waals surface area contributed by atoms with E-state index in [1.807, 2.05) is 24.4 Å². The monoisotopic (exact) mass is 385 g/mol. The topological polar surface area (TPSA) is 72.3 Å². The van der Waals surface area contributed by atoms with Crippen LogP contribution in [-0.2, 0) is 6.54 Å². The molecule has 7 nitrogen and oxygen atoms in total. The molecule has 0 aliphatic carbocycles. The minimum absolute atomic E-state index is 0.175. The molecule has 2 heterocycles. The second-order valence-corrected chi connectivity index (χ2v) is 6.29. The van der Waals surface area contributed by atoms with E-state index in [1.165, 1.54) is 0 Å². The molecule has 2 aromatic heterocycles. The molecule has 1 aromatic carbocycles. The summed E-state index contributed by atoms with van der Waals surface area (Å²) in [6, 6.07) is 12.5. The highest BCUT2D eigenvalue weighted by Gasteiger charge is 2.08. The van der Waals surface area contributed by atoms with Gasteiger partial charge in [0.05, 0.1) is 6.54 Å². The second-order valence-electron chi connectivity index (χ2n) is 5.86. The lowest BCUT2D eigenvalue weighted by atomic mass is 10.3. The Labute approximate surface area is 162 Å². The minimum atomic E-state index is -0.175. The lowest BCUT2D eigenvalue weighted by Crippen LogP contribution is -2.39. The summed E-state index contributed by atoms with van der Waals surface area (Å²) in [4.78, 5) is 18.1. The molecule has 0 atom stereocenters. The summed E-state index contributed by atoms with van der Waals surface area (Å²) in [7, 11) is 1.72. The maximum absolute atomic E-state index is 12.2. The Morgan fingerprint density at radius 3 is 2.74 bits per heavy atom. The van der Waals surface area contributed by atoms with E-state index in [0.29, 0.717) is 24.7 Å². The largest absolute Gasteiger partial charge is 0.492 e. The van der Waals surface area contributed by atoms with E-state index in [9.17, 15) is 4.79 Å². The van der Waals surface area contributed by atoms with Crippen molar-refractivity contribution >= 4 is 17.6 Å². The van der Waals surface area contributed by atoms with Gasteiger partial charge in [0.15, 0.2) is 5.82 Å². The third-order valence-corrected chi connectivity index (χ3v) is 4.10. The quantitative estimate of drug-likeness (QED) is 0.678. The van der Waals surface area contributed by atoms with Crippen molar-refractivity contribution in [2.24, 2.45) is 0 Å². The number of nitrogens with zero attached hydrogens (tertiary/aromatic N) is 4. The molecule has 0 radical (unpaired) electrons.